The third-order valence-corrected chi connectivity index (χ3v) is 2.89. The van der Waals surface area contributed by atoms with E-state index in [9.17, 15) is 4.79 Å². The van der Waals surface area contributed by atoms with Gasteiger partial charge in [-0.05, 0) is 25.7 Å². The lowest BCUT2D eigenvalue weighted by Crippen LogP contribution is -2.35. The summed E-state index contributed by atoms with van der Waals surface area (Å²) in [7, 11) is 1.67. The van der Waals surface area contributed by atoms with Crippen LogP contribution in [0.3, 0.4) is 0 Å². The molecule has 0 bridgehead atoms. The molecule has 0 aromatic carbocycles. The fraction of sp³-hybridized carbons (Fsp3) is 0.909. The minimum Gasteiger partial charge on any atom is -0.383 e. The Morgan fingerprint density at radius 3 is 2.73 bits per heavy atom. The van der Waals surface area contributed by atoms with Gasteiger partial charge in [-0.15, -0.1) is 11.6 Å². The van der Waals surface area contributed by atoms with Crippen molar-refractivity contribution < 1.29 is 9.53 Å². The van der Waals surface area contributed by atoms with Crippen LogP contribution in [0.5, 0.6) is 0 Å². The molecule has 0 radical (unpaired) electrons. The van der Waals surface area contributed by atoms with Gasteiger partial charge in [0.05, 0.1) is 6.61 Å². The van der Waals surface area contributed by atoms with Gasteiger partial charge in [0.25, 0.3) is 0 Å². The molecule has 1 saturated carbocycles. The number of ether oxygens (including phenoxy) is 1. The van der Waals surface area contributed by atoms with Crippen LogP contribution >= 0.6 is 11.6 Å². The minimum atomic E-state index is 0.264. The van der Waals surface area contributed by atoms with E-state index in [0.29, 0.717) is 24.9 Å². The molecule has 0 N–H and O–H groups in total. The highest BCUT2D eigenvalue weighted by Gasteiger charge is 2.31. The first-order valence-corrected chi connectivity index (χ1v) is 6.17. The van der Waals surface area contributed by atoms with Crippen molar-refractivity contribution in [3.63, 3.8) is 0 Å². The average Bonchev–Trinajstić information content (AvgIpc) is 3.03. The number of hydrogen-bond donors (Lipinski definition) is 0. The Kier molecular flexibility index (Phi) is 6.03. The molecular weight excluding hydrogens is 214 g/mol. The minimum absolute atomic E-state index is 0.264. The van der Waals surface area contributed by atoms with E-state index in [1.165, 1.54) is 0 Å². The molecule has 1 amide bonds. The second kappa shape index (κ2) is 7.07. The molecule has 0 spiro atoms. The van der Waals surface area contributed by atoms with E-state index in [0.717, 1.165) is 32.2 Å². The van der Waals surface area contributed by atoms with Crippen LogP contribution in [0.25, 0.3) is 0 Å². The molecule has 0 atom stereocenters. The molecule has 0 aromatic heterocycles. The van der Waals surface area contributed by atoms with E-state index in [-0.39, 0.29) is 5.91 Å². The Hall–Kier alpha value is -0.280. The molecule has 1 aliphatic carbocycles. The highest BCUT2D eigenvalue weighted by molar-refractivity contribution is 6.17. The van der Waals surface area contributed by atoms with Crippen LogP contribution in [0, 0.1) is 0 Å². The second-order valence-electron chi connectivity index (χ2n) is 3.96. The first kappa shape index (κ1) is 12.8. The fourth-order valence-corrected chi connectivity index (χ4v) is 1.79. The maximum atomic E-state index is 11.8. The summed E-state index contributed by atoms with van der Waals surface area (Å²) in [5.41, 5.74) is 0. The first-order valence-electron chi connectivity index (χ1n) is 5.64. The molecule has 0 saturated heterocycles. The van der Waals surface area contributed by atoms with E-state index in [4.69, 9.17) is 16.3 Å². The van der Waals surface area contributed by atoms with Crippen LogP contribution in [0.2, 0.25) is 0 Å². The lowest BCUT2D eigenvalue weighted by Gasteiger charge is -2.21. The Morgan fingerprint density at radius 1 is 1.47 bits per heavy atom. The van der Waals surface area contributed by atoms with E-state index >= 15 is 0 Å². The number of halogens is 1. The second-order valence-corrected chi connectivity index (χ2v) is 4.34. The zero-order valence-corrected chi connectivity index (χ0v) is 10.1. The Bertz CT molecular complexity index is 195. The summed E-state index contributed by atoms with van der Waals surface area (Å²) >= 11 is 5.58. The third kappa shape index (κ3) is 4.85. The average molecular weight is 234 g/mol. The number of alkyl halides is 1. The van der Waals surface area contributed by atoms with Crippen molar-refractivity contribution in [2.45, 2.75) is 38.1 Å². The van der Waals surface area contributed by atoms with Crippen LogP contribution in [0.15, 0.2) is 0 Å². The molecule has 0 aliphatic heterocycles. The quantitative estimate of drug-likeness (QED) is 0.474. The molecule has 15 heavy (non-hydrogen) atoms. The van der Waals surface area contributed by atoms with Gasteiger partial charge >= 0.3 is 0 Å². The molecule has 88 valence electrons. The van der Waals surface area contributed by atoms with Crippen molar-refractivity contribution in [3.8, 4) is 0 Å². The van der Waals surface area contributed by atoms with E-state index in [1.807, 2.05) is 4.90 Å². The Morgan fingerprint density at radius 2 is 2.20 bits per heavy atom. The number of nitrogens with zero attached hydrogens (tertiary/aromatic N) is 1. The number of hydrogen-bond acceptors (Lipinski definition) is 2. The molecule has 0 unspecified atom stereocenters. The maximum absolute atomic E-state index is 11.8. The number of carbonyl (C=O) groups excluding carboxylic acids is 1. The van der Waals surface area contributed by atoms with Gasteiger partial charge in [-0.2, -0.15) is 0 Å². The van der Waals surface area contributed by atoms with Crippen molar-refractivity contribution in [3.05, 3.63) is 0 Å². The van der Waals surface area contributed by atoms with Gasteiger partial charge in [0.1, 0.15) is 0 Å². The predicted molar refractivity (Wildman–Crippen MR) is 61.2 cm³/mol. The van der Waals surface area contributed by atoms with Crippen molar-refractivity contribution >= 4 is 17.5 Å². The molecule has 0 aromatic rings. The fourth-order valence-electron chi connectivity index (χ4n) is 1.60. The van der Waals surface area contributed by atoms with Crippen LogP contribution in [-0.2, 0) is 9.53 Å². The van der Waals surface area contributed by atoms with E-state index < -0.39 is 0 Å². The number of carbonyl (C=O) groups is 1. The van der Waals surface area contributed by atoms with Crippen LogP contribution in [0.4, 0.5) is 0 Å². The summed E-state index contributed by atoms with van der Waals surface area (Å²) in [5, 5.41) is 0. The van der Waals surface area contributed by atoms with Crippen LogP contribution in [-0.4, -0.2) is 43.0 Å². The molecule has 0 heterocycles. The molecule has 3 nitrogen and oxygen atoms in total. The monoisotopic (exact) mass is 233 g/mol. The highest BCUT2D eigenvalue weighted by atomic mass is 35.5. The predicted octanol–water partition coefficient (Wildman–Crippen LogP) is 2.03. The van der Waals surface area contributed by atoms with Gasteiger partial charge in [-0.25, -0.2) is 0 Å². The summed E-state index contributed by atoms with van der Waals surface area (Å²) in [5.74, 6) is 0.911. The number of amides is 1. The maximum Gasteiger partial charge on any atom is 0.222 e. The molecular formula is C11H20ClNO2. The largest absolute Gasteiger partial charge is 0.383 e. The smallest absolute Gasteiger partial charge is 0.222 e. The summed E-state index contributed by atoms with van der Waals surface area (Å²) < 4.78 is 5.01. The van der Waals surface area contributed by atoms with E-state index in [2.05, 4.69) is 0 Å². The number of unbranched alkanes of at least 4 members (excludes halogenated alkanes) is 1. The molecule has 1 rings (SSSR count). The zero-order valence-electron chi connectivity index (χ0n) is 9.38. The van der Waals surface area contributed by atoms with Crippen molar-refractivity contribution in [2.24, 2.45) is 0 Å². The van der Waals surface area contributed by atoms with Gasteiger partial charge in [-0.3, -0.25) is 4.79 Å². The first-order chi connectivity index (χ1) is 7.29. The normalized spacial score (nSPS) is 15.3. The lowest BCUT2D eigenvalue weighted by molar-refractivity contribution is -0.132. The van der Waals surface area contributed by atoms with Crippen molar-refractivity contribution in [1.29, 1.82) is 0 Å². The Balaban J connectivity index is 2.24. The summed E-state index contributed by atoms with van der Waals surface area (Å²) in [4.78, 5) is 13.8. The molecule has 1 aliphatic rings. The van der Waals surface area contributed by atoms with Crippen molar-refractivity contribution in [2.75, 3.05) is 26.1 Å². The van der Waals surface area contributed by atoms with Gasteiger partial charge in [-0.1, -0.05) is 0 Å². The lowest BCUT2D eigenvalue weighted by atomic mass is 10.2. The third-order valence-electron chi connectivity index (χ3n) is 2.62. The summed E-state index contributed by atoms with van der Waals surface area (Å²) in [6.07, 6.45) is 4.78. The van der Waals surface area contributed by atoms with Gasteiger partial charge in [0.15, 0.2) is 0 Å². The standard InChI is InChI=1S/C11H20ClNO2/c1-15-9-8-13(10-5-6-10)11(14)4-2-3-7-12/h10H,2-9H2,1H3. The SMILES string of the molecule is COCCN(C(=O)CCCCCl)C1CC1. The number of methoxy groups -OCH3 is 1. The van der Waals surface area contributed by atoms with Gasteiger partial charge < -0.3 is 9.64 Å². The molecule has 4 heteroatoms. The highest BCUT2D eigenvalue weighted by Crippen LogP contribution is 2.27. The zero-order chi connectivity index (χ0) is 11.1. The summed E-state index contributed by atoms with van der Waals surface area (Å²) in [6.45, 7) is 1.37. The van der Waals surface area contributed by atoms with E-state index in [1.54, 1.807) is 7.11 Å². The summed E-state index contributed by atoms with van der Waals surface area (Å²) in [6, 6.07) is 0.489. The van der Waals surface area contributed by atoms with Gasteiger partial charge in [0.2, 0.25) is 5.91 Å². The number of rotatable bonds is 8. The van der Waals surface area contributed by atoms with Crippen molar-refractivity contribution in [1.82, 2.24) is 4.90 Å². The van der Waals surface area contributed by atoms with Crippen LogP contribution < -0.4 is 0 Å². The Labute approximate surface area is 96.7 Å². The topological polar surface area (TPSA) is 29.5 Å². The molecule has 1 fully saturated rings. The van der Waals surface area contributed by atoms with Crippen LogP contribution in [0.1, 0.15) is 32.1 Å². The van der Waals surface area contributed by atoms with Gasteiger partial charge in [0, 0.05) is 32.0 Å².